The third-order valence-electron chi connectivity index (χ3n) is 3.08. The second-order valence-corrected chi connectivity index (χ2v) is 4.98. The quantitative estimate of drug-likeness (QED) is 0.892. The Kier molecular flexibility index (Phi) is 5.58. The van der Waals surface area contributed by atoms with E-state index in [1.807, 2.05) is 30.3 Å². The first-order valence-corrected chi connectivity index (χ1v) is 7.06. The maximum absolute atomic E-state index is 11.8. The van der Waals surface area contributed by atoms with E-state index < -0.39 is 0 Å². The molecule has 5 heteroatoms. The molecular formula is C16H17ClN2O2. The average molecular weight is 305 g/mol. The highest BCUT2D eigenvalue weighted by Gasteiger charge is 2.05. The number of benzene rings is 1. The Hall–Kier alpha value is -2.07. The molecule has 0 aliphatic rings. The van der Waals surface area contributed by atoms with Crippen molar-refractivity contribution in [1.29, 1.82) is 0 Å². The lowest BCUT2D eigenvalue weighted by atomic mass is 10.1. The van der Waals surface area contributed by atoms with Crippen LogP contribution in [-0.4, -0.2) is 18.0 Å². The average Bonchev–Trinajstić information content (AvgIpc) is 2.52. The summed E-state index contributed by atoms with van der Waals surface area (Å²) in [6, 6.07) is 11.2. The molecule has 1 aromatic carbocycles. The van der Waals surface area contributed by atoms with Crippen molar-refractivity contribution in [2.75, 3.05) is 7.11 Å². The first-order valence-electron chi connectivity index (χ1n) is 6.68. The van der Waals surface area contributed by atoms with Crippen LogP contribution in [-0.2, 0) is 17.8 Å². The molecule has 0 bridgehead atoms. The van der Waals surface area contributed by atoms with Gasteiger partial charge in [-0.3, -0.25) is 4.79 Å². The molecule has 0 saturated heterocycles. The number of carbonyl (C=O) groups is 1. The Morgan fingerprint density at radius 3 is 2.76 bits per heavy atom. The SMILES string of the molecule is COc1ccc(CNC(=O)CCc2ccccc2Cl)cn1. The van der Waals surface area contributed by atoms with Crippen molar-refractivity contribution in [3.8, 4) is 5.88 Å². The lowest BCUT2D eigenvalue weighted by Gasteiger charge is -2.07. The van der Waals surface area contributed by atoms with Gasteiger partial charge >= 0.3 is 0 Å². The van der Waals surface area contributed by atoms with Gasteiger partial charge in [0.05, 0.1) is 7.11 Å². The maximum atomic E-state index is 11.8. The Bertz CT molecular complexity index is 599. The van der Waals surface area contributed by atoms with E-state index in [9.17, 15) is 4.79 Å². The Morgan fingerprint density at radius 2 is 2.10 bits per heavy atom. The van der Waals surface area contributed by atoms with Crippen LogP contribution in [0.15, 0.2) is 42.6 Å². The van der Waals surface area contributed by atoms with Gasteiger partial charge in [-0.15, -0.1) is 0 Å². The standard InChI is InChI=1S/C16H17ClN2O2/c1-21-16-9-6-12(11-19-16)10-18-15(20)8-7-13-4-2-3-5-14(13)17/h2-6,9,11H,7-8,10H2,1H3,(H,18,20). The van der Waals surface area contributed by atoms with E-state index >= 15 is 0 Å². The van der Waals surface area contributed by atoms with Crippen LogP contribution >= 0.6 is 11.6 Å². The monoisotopic (exact) mass is 304 g/mol. The van der Waals surface area contributed by atoms with Gasteiger partial charge in [-0.05, 0) is 23.6 Å². The minimum absolute atomic E-state index is 0.00858. The highest BCUT2D eigenvalue weighted by atomic mass is 35.5. The Labute approximate surface area is 129 Å². The molecule has 0 fully saturated rings. The molecule has 0 spiro atoms. The van der Waals surface area contributed by atoms with Gasteiger partial charge in [0.15, 0.2) is 0 Å². The number of methoxy groups -OCH3 is 1. The highest BCUT2D eigenvalue weighted by molar-refractivity contribution is 6.31. The number of rotatable bonds is 6. The largest absolute Gasteiger partial charge is 0.481 e. The summed E-state index contributed by atoms with van der Waals surface area (Å²) in [5, 5.41) is 3.56. The topological polar surface area (TPSA) is 51.2 Å². The molecule has 0 unspecified atom stereocenters. The van der Waals surface area contributed by atoms with Crippen molar-refractivity contribution in [3.63, 3.8) is 0 Å². The molecule has 1 aromatic heterocycles. The van der Waals surface area contributed by atoms with E-state index in [4.69, 9.17) is 16.3 Å². The molecule has 1 amide bonds. The summed E-state index contributed by atoms with van der Waals surface area (Å²) < 4.78 is 4.98. The highest BCUT2D eigenvalue weighted by Crippen LogP contribution is 2.16. The number of ether oxygens (including phenoxy) is 1. The van der Waals surface area contributed by atoms with Gasteiger partial charge in [-0.1, -0.05) is 35.9 Å². The molecule has 1 N–H and O–H groups in total. The number of aryl methyl sites for hydroxylation is 1. The fourth-order valence-electron chi connectivity index (χ4n) is 1.87. The number of nitrogens with one attached hydrogen (secondary N) is 1. The minimum Gasteiger partial charge on any atom is -0.481 e. The van der Waals surface area contributed by atoms with Crippen LogP contribution in [0.5, 0.6) is 5.88 Å². The number of halogens is 1. The first kappa shape index (κ1) is 15.3. The molecule has 110 valence electrons. The molecule has 0 atom stereocenters. The Morgan fingerprint density at radius 1 is 1.29 bits per heavy atom. The summed E-state index contributed by atoms with van der Waals surface area (Å²) in [5.41, 5.74) is 1.92. The predicted molar refractivity (Wildman–Crippen MR) is 82.4 cm³/mol. The summed E-state index contributed by atoms with van der Waals surface area (Å²) >= 11 is 6.06. The van der Waals surface area contributed by atoms with Gasteiger partial charge in [-0.2, -0.15) is 0 Å². The molecule has 1 heterocycles. The zero-order valence-electron chi connectivity index (χ0n) is 11.8. The molecule has 2 aromatic rings. The number of nitrogens with zero attached hydrogens (tertiary/aromatic N) is 1. The molecule has 2 rings (SSSR count). The molecule has 4 nitrogen and oxygen atoms in total. The van der Waals surface area contributed by atoms with Crippen LogP contribution in [0.2, 0.25) is 5.02 Å². The van der Waals surface area contributed by atoms with Gasteiger partial charge in [-0.25, -0.2) is 4.98 Å². The van der Waals surface area contributed by atoms with E-state index in [-0.39, 0.29) is 5.91 Å². The van der Waals surface area contributed by atoms with E-state index in [2.05, 4.69) is 10.3 Å². The Balaban J connectivity index is 1.78. The van der Waals surface area contributed by atoms with Gasteiger partial charge in [0.1, 0.15) is 0 Å². The van der Waals surface area contributed by atoms with E-state index in [1.54, 1.807) is 19.4 Å². The first-order chi connectivity index (χ1) is 10.2. The fourth-order valence-corrected chi connectivity index (χ4v) is 2.10. The van der Waals surface area contributed by atoms with Gasteiger partial charge in [0.2, 0.25) is 11.8 Å². The lowest BCUT2D eigenvalue weighted by molar-refractivity contribution is -0.121. The third-order valence-corrected chi connectivity index (χ3v) is 3.44. The predicted octanol–water partition coefficient (Wildman–Crippen LogP) is 2.99. The van der Waals surface area contributed by atoms with Gasteiger partial charge < -0.3 is 10.1 Å². The van der Waals surface area contributed by atoms with Crippen LogP contribution in [0.4, 0.5) is 0 Å². The molecule has 0 radical (unpaired) electrons. The van der Waals surface area contributed by atoms with Crippen LogP contribution in [0.1, 0.15) is 17.5 Å². The van der Waals surface area contributed by atoms with Gasteiger partial charge in [0.25, 0.3) is 0 Å². The zero-order valence-corrected chi connectivity index (χ0v) is 12.6. The summed E-state index contributed by atoms with van der Waals surface area (Å²) in [6.45, 7) is 0.457. The molecule has 0 aliphatic carbocycles. The second-order valence-electron chi connectivity index (χ2n) is 4.58. The van der Waals surface area contributed by atoms with Crippen molar-refractivity contribution < 1.29 is 9.53 Å². The van der Waals surface area contributed by atoms with Crippen molar-refractivity contribution >= 4 is 17.5 Å². The van der Waals surface area contributed by atoms with Crippen LogP contribution < -0.4 is 10.1 Å². The third kappa shape index (κ3) is 4.76. The smallest absolute Gasteiger partial charge is 0.220 e. The molecular weight excluding hydrogens is 288 g/mol. The number of amides is 1. The minimum atomic E-state index is -0.00858. The van der Waals surface area contributed by atoms with Crippen molar-refractivity contribution in [2.45, 2.75) is 19.4 Å². The zero-order chi connectivity index (χ0) is 15.1. The number of pyridine rings is 1. The molecule has 21 heavy (non-hydrogen) atoms. The fraction of sp³-hybridized carbons (Fsp3) is 0.250. The maximum Gasteiger partial charge on any atom is 0.220 e. The van der Waals surface area contributed by atoms with Crippen molar-refractivity contribution in [2.24, 2.45) is 0 Å². The summed E-state index contributed by atoms with van der Waals surface area (Å²) in [4.78, 5) is 15.9. The van der Waals surface area contributed by atoms with Crippen LogP contribution in [0.3, 0.4) is 0 Å². The van der Waals surface area contributed by atoms with Crippen LogP contribution in [0, 0.1) is 0 Å². The number of hydrogen-bond acceptors (Lipinski definition) is 3. The van der Waals surface area contributed by atoms with Gasteiger partial charge in [0, 0.05) is 30.3 Å². The molecule has 0 aliphatic heterocycles. The number of carbonyl (C=O) groups excluding carboxylic acids is 1. The van der Waals surface area contributed by atoms with E-state index in [0.29, 0.717) is 30.3 Å². The second kappa shape index (κ2) is 7.64. The lowest BCUT2D eigenvalue weighted by Crippen LogP contribution is -2.23. The van der Waals surface area contributed by atoms with E-state index in [0.717, 1.165) is 11.1 Å². The number of aromatic nitrogens is 1. The molecule has 0 saturated carbocycles. The van der Waals surface area contributed by atoms with Crippen molar-refractivity contribution in [1.82, 2.24) is 10.3 Å². The normalized spacial score (nSPS) is 10.2. The van der Waals surface area contributed by atoms with Crippen LogP contribution in [0.25, 0.3) is 0 Å². The summed E-state index contributed by atoms with van der Waals surface area (Å²) in [6.07, 6.45) is 2.73. The van der Waals surface area contributed by atoms with E-state index in [1.165, 1.54) is 0 Å². The number of hydrogen-bond donors (Lipinski definition) is 1. The summed E-state index contributed by atoms with van der Waals surface area (Å²) in [7, 11) is 1.57. The summed E-state index contributed by atoms with van der Waals surface area (Å²) in [5.74, 6) is 0.550. The van der Waals surface area contributed by atoms with Crippen molar-refractivity contribution in [3.05, 3.63) is 58.7 Å².